The lowest BCUT2D eigenvalue weighted by molar-refractivity contribution is 0.0835. The third-order valence-corrected chi connectivity index (χ3v) is 3.43. The van der Waals surface area contributed by atoms with Crippen LogP contribution < -0.4 is 10.1 Å². The van der Waals surface area contributed by atoms with Crippen molar-refractivity contribution in [3.8, 4) is 6.01 Å². The maximum absolute atomic E-state index is 11.9. The van der Waals surface area contributed by atoms with Crippen LogP contribution in [-0.2, 0) is 18.2 Å². The van der Waals surface area contributed by atoms with Crippen LogP contribution in [-0.4, -0.2) is 51.1 Å². The van der Waals surface area contributed by atoms with Crippen molar-refractivity contribution in [2.24, 2.45) is 7.05 Å². The molecule has 1 fully saturated rings. The van der Waals surface area contributed by atoms with Crippen LogP contribution in [0.25, 0.3) is 0 Å². The smallest absolute Gasteiger partial charge is 0.314 e. The van der Waals surface area contributed by atoms with Crippen LogP contribution in [0.3, 0.4) is 0 Å². The van der Waals surface area contributed by atoms with Gasteiger partial charge in [-0.05, 0) is 12.8 Å². The van der Waals surface area contributed by atoms with Crippen LogP contribution in [0.1, 0.15) is 41.3 Å². The maximum Gasteiger partial charge on any atom is 0.314 e. The maximum atomic E-state index is 11.9. The highest BCUT2D eigenvalue weighted by Crippen LogP contribution is 2.26. The van der Waals surface area contributed by atoms with Crippen LogP contribution in [0, 0.1) is 0 Å². The van der Waals surface area contributed by atoms with Crippen LogP contribution in [0.5, 0.6) is 6.01 Å². The fraction of sp³-hybridized carbons (Fsp3) is 0.615. The van der Waals surface area contributed by atoms with E-state index >= 15 is 0 Å². The van der Waals surface area contributed by atoms with Crippen molar-refractivity contribution in [3.05, 3.63) is 17.5 Å². The summed E-state index contributed by atoms with van der Waals surface area (Å²) in [5.74, 6) is 0.701. The van der Waals surface area contributed by atoms with E-state index in [1.165, 1.54) is 11.8 Å². The van der Waals surface area contributed by atoms with E-state index in [1.807, 2.05) is 0 Å². The number of hydrogen-bond donors (Lipinski definition) is 1. The number of aromatic nitrogens is 5. The molecule has 1 aliphatic heterocycles. The van der Waals surface area contributed by atoms with Gasteiger partial charge in [-0.2, -0.15) is 9.97 Å². The predicted molar refractivity (Wildman–Crippen MR) is 75.8 cm³/mol. The quantitative estimate of drug-likeness (QED) is 0.791. The van der Waals surface area contributed by atoms with E-state index in [0.717, 1.165) is 19.4 Å². The Balaban J connectivity index is 1.49. The van der Waals surface area contributed by atoms with E-state index in [2.05, 4.69) is 25.5 Å². The minimum atomic E-state index is -0.383. The number of nitrogens with one attached hydrogen (secondary N) is 1. The van der Waals surface area contributed by atoms with Gasteiger partial charge < -0.3 is 19.3 Å². The summed E-state index contributed by atoms with van der Waals surface area (Å²) in [6, 6.07) is 0.273. The average Bonchev–Trinajstić information content (AvgIpc) is 3.27. The first-order chi connectivity index (χ1) is 11.2. The number of hydrogen-bond acceptors (Lipinski definition) is 8. The molecule has 0 radical (unpaired) electrons. The van der Waals surface area contributed by atoms with Gasteiger partial charge in [0.1, 0.15) is 6.10 Å². The van der Waals surface area contributed by atoms with Crippen molar-refractivity contribution < 1.29 is 18.8 Å². The molecule has 1 saturated heterocycles. The number of aryl methyl sites for hydroxylation is 1. The Labute approximate surface area is 132 Å². The van der Waals surface area contributed by atoms with E-state index in [-0.39, 0.29) is 23.8 Å². The molecule has 3 heterocycles. The second-order valence-electron chi connectivity index (χ2n) is 5.10. The fourth-order valence-corrected chi connectivity index (χ4v) is 2.28. The lowest BCUT2D eigenvalue weighted by atomic mass is 10.2. The van der Waals surface area contributed by atoms with Crippen molar-refractivity contribution in [2.45, 2.75) is 25.4 Å². The highest BCUT2D eigenvalue weighted by atomic mass is 16.5. The summed E-state index contributed by atoms with van der Waals surface area (Å²) in [4.78, 5) is 20.2. The minimum absolute atomic E-state index is 0.0532. The van der Waals surface area contributed by atoms with Gasteiger partial charge >= 0.3 is 6.01 Å². The number of amides is 1. The first kappa shape index (κ1) is 15.4. The summed E-state index contributed by atoms with van der Waals surface area (Å²) < 4.78 is 17.0. The van der Waals surface area contributed by atoms with Gasteiger partial charge in [-0.25, -0.2) is 4.68 Å². The van der Waals surface area contributed by atoms with Crippen LogP contribution in [0.4, 0.5) is 0 Å². The number of nitrogens with zero attached hydrogens (tertiary/aromatic N) is 5. The standard InChI is InChI=1S/C13H18N6O4/c1-19-13(21-2)16-10(17-19)11(20)14-6-5-9-15-12(23-18-9)8-4-3-7-22-8/h8H,3-7H2,1-2H3,(H,14,20). The molecule has 0 aliphatic carbocycles. The van der Waals surface area contributed by atoms with Crippen molar-refractivity contribution in [3.63, 3.8) is 0 Å². The molecule has 0 aromatic carbocycles. The van der Waals surface area contributed by atoms with E-state index in [0.29, 0.717) is 24.7 Å². The Kier molecular flexibility index (Phi) is 4.51. The second kappa shape index (κ2) is 6.73. The number of rotatable bonds is 6. The van der Waals surface area contributed by atoms with E-state index in [1.54, 1.807) is 7.05 Å². The molecule has 0 saturated carbocycles. The Morgan fingerprint density at radius 1 is 1.48 bits per heavy atom. The van der Waals surface area contributed by atoms with Crippen molar-refractivity contribution in [1.29, 1.82) is 0 Å². The monoisotopic (exact) mass is 322 g/mol. The average molecular weight is 322 g/mol. The lowest BCUT2D eigenvalue weighted by Gasteiger charge is -2.01. The molecular formula is C13H18N6O4. The molecule has 1 unspecified atom stereocenters. The van der Waals surface area contributed by atoms with E-state index in [4.69, 9.17) is 14.0 Å². The third kappa shape index (κ3) is 3.47. The van der Waals surface area contributed by atoms with Crippen molar-refractivity contribution >= 4 is 5.91 Å². The second-order valence-corrected chi connectivity index (χ2v) is 5.10. The molecule has 0 spiro atoms. The van der Waals surface area contributed by atoms with Crippen molar-refractivity contribution in [1.82, 2.24) is 30.2 Å². The van der Waals surface area contributed by atoms with Gasteiger partial charge in [-0.1, -0.05) is 5.16 Å². The number of carbonyl (C=O) groups excluding carboxylic acids is 1. The summed E-state index contributed by atoms with van der Waals surface area (Å²) in [6.07, 6.45) is 2.24. The SMILES string of the molecule is COc1nc(C(=O)NCCc2noc(C3CCCO3)n2)nn1C. The zero-order chi connectivity index (χ0) is 16.2. The highest BCUT2D eigenvalue weighted by Gasteiger charge is 2.23. The van der Waals surface area contributed by atoms with Gasteiger partial charge in [-0.3, -0.25) is 4.79 Å². The molecule has 124 valence electrons. The Bertz CT molecular complexity index is 676. The molecule has 2 aromatic heterocycles. The fourth-order valence-electron chi connectivity index (χ4n) is 2.28. The number of carbonyl (C=O) groups is 1. The summed E-state index contributed by atoms with van der Waals surface area (Å²) in [6.45, 7) is 1.07. The first-order valence-electron chi connectivity index (χ1n) is 7.34. The van der Waals surface area contributed by atoms with Crippen LogP contribution >= 0.6 is 0 Å². The third-order valence-electron chi connectivity index (χ3n) is 3.43. The molecule has 2 aromatic rings. The molecule has 1 atom stereocenters. The van der Waals surface area contributed by atoms with Crippen LogP contribution in [0.2, 0.25) is 0 Å². The summed E-state index contributed by atoms with van der Waals surface area (Å²) in [5.41, 5.74) is 0. The van der Waals surface area contributed by atoms with Gasteiger partial charge in [-0.15, -0.1) is 5.10 Å². The molecule has 1 amide bonds. The molecule has 10 heteroatoms. The predicted octanol–water partition coefficient (Wildman–Crippen LogP) is 0.0307. The minimum Gasteiger partial charge on any atom is -0.467 e. The Morgan fingerprint density at radius 3 is 3.04 bits per heavy atom. The first-order valence-corrected chi connectivity index (χ1v) is 7.34. The topological polar surface area (TPSA) is 117 Å². The molecule has 10 nitrogen and oxygen atoms in total. The van der Waals surface area contributed by atoms with Gasteiger partial charge in [0.05, 0.1) is 7.11 Å². The van der Waals surface area contributed by atoms with Gasteiger partial charge in [0, 0.05) is 26.6 Å². The molecule has 1 aliphatic rings. The number of methoxy groups -OCH3 is 1. The summed E-state index contributed by atoms with van der Waals surface area (Å²) in [5, 5.41) is 10.6. The summed E-state index contributed by atoms with van der Waals surface area (Å²) >= 11 is 0. The molecule has 0 bridgehead atoms. The van der Waals surface area contributed by atoms with Gasteiger partial charge in [0.15, 0.2) is 5.82 Å². The normalized spacial score (nSPS) is 17.4. The zero-order valence-electron chi connectivity index (χ0n) is 13.0. The van der Waals surface area contributed by atoms with Gasteiger partial charge in [0.2, 0.25) is 5.82 Å². The van der Waals surface area contributed by atoms with Crippen LogP contribution in [0.15, 0.2) is 4.52 Å². The molecule has 1 N–H and O–H groups in total. The number of ether oxygens (including phenoxy) is 2. The largest absolute Gasteiger partial charge is 0.467 e. The molecule has 3 rings (SSSR count). The Hall–Kier alpha value is -2.49. The summed E-state index contributed by atoms with van der Waals surface area (Å²) in [7, 11) is 3.11. The molecular weight excluding hydrogens is 304 g/mol. The van der Waals surface area contributed by atoms with Crippen molar-refractivity contribution in [2.75, 3.05) is 20.3 Å². The van der Waals surface area contributed by atoms with Gasteiger partial charge in [0.25, 0.3) is 11.8 Å². The van der Waals surface area contributed by atoms with E-state index in [9.17, 15) is 4.79 Å². The van der Waals surface area contributed by atoms with E-state index < -0.39 is 0 Å². The lowest BCUT2D eigenvalue weighted by Crippen LogP contribution is -2.27. The zero-order valence-corrected chi connectivity index (χ0v) is 13.0. The highest BCUT2D eigenvalue weighted by molar-refractivity contribution is 5.90. The Morgan fingerprint density at radius 2 is 2.35 bits per heavy atom. The molecule has 23 heavy (non-hydrogen) atoms.